The van der Waals surface area contributed by atoms with Gasteiger partial charge in [0.2, 0.25) is 5.91 Å². The maximum absolute atomic E-state index is 12.6. The van der Waals surface area contributed by atoms with Gasteiger partial charge in [-0.2, -0.15) is 0 Å². The molecular weight excluding hydrogens is 354 g/mol. The zero-order valence-electron chi connectivity index (χ0n) is 16.2. The zero-order chi connectivity index (χ0) is 19.9. The van der Waals surface area contributed by atoms with Gasteiger partial charge >= 0.3 is 0 Å². The monoisotopic (exact) mass is 377 g/mol. The van der Waals surface area contributed by atoms with Gasteiger partial charge in [-0.1, -0.05) is 18.2 Å². The van der Waals surface area contributed by atoms with E-state index in [1.165, 1.54) is 0 Å². The third-order valence-electron chi connectivity index (χ3n) is 4.39. The average molecular weight is 377 g/mol. The van der Waals surface area contributed by atoms with Gasteiger partial charge in [-0.05, 0) is 31.2 Å². The Bertz CT molecular complexity index is 932. The van der Waals surface area contributed by atoms with Gasteiger partial charge in [0.15, 0.2) is 5.82 Å². The van der Waals surface area contributed by atoms with Gasteiger partial charge in [-0.3, -0.25) is 9.78 Å². The standard InChI is InChI=1S/C21H23N5O2/c1-15-18(14-28-3)24-21(16-9-11-22-12-10-16)25-20(15)23-13-19(27)26(2)17-7-5-4-6-8-17/h4-12H,13-14H2,1-3H3,(H,23,24,25). The first-order valence-corrected chi connectivity index (χ1v) is 8.92. The van der Waals surface area contributed by atoms with Crippen LogP contribution in [0, 0.1) is 6.92 Å². The van der Waals surface area contributed by atoms with Crippen LogP contribution >= 0.6 is 0 Å². The molecule has 0 aliphatic heterocycles. The number of likely N-dealkylation sites (N-methyl/N-ethyl adjacent to an activating group) is 1. The second kappa shape index (κ2) is 9.05. The van der Waals surface area contributed by atoms with Gasteiger partial charge in [-0.25, -0.2) is 9.97 Å². The molecule has 0 spiro atoms. The van der Waals surface area contributed by atoms with E-state index in [2.05, 4.69) is 20.3 Å². The van der Waals surface area contributed by atoms with Crippen molar-refractivity contribution in [3.63, 3.8) is 0 Å². The minimum atomic E-state index is -0.0667. The summed E-state index contributed by atoms with van der Waals surface area (Å²) in [6, 6.07) is 13.2. The first-order chi connectivity index (χ1) is 13.6. The average Bonchev–Trinajstić information content (AvgIpc) is 2.75. The van der Waals surface area contributed by atoms with Crippen LogP contribution in [0.3, 0.4) is 0 Å². The highest BCUT2D eigenvalue weighted by Crippen LogP contribution is 2.22. The molecule has 2 heterocycles. The van der Waals surface area contributed by atoms with E-state index >= 15 is 0 Å². The molecule has 144 valence electrons. The summed E-state index contributed by atoms with van der Waals surface area (Å²) in [7, 11) is 3.38. The molecule has 0 radical (unpaired) electrons. The SMILES string of the molecule is COCc1nc(-c2ccncc2)nc(NCC(=O)N(C)c2ccccc2)c1C. The van der Waals surface area contributed by atoms with Gasteiger partial charge in [0.1, 0.15) is 5.82 Å². The van der Waals surface area contributed by atoms with Crippen molar-refractivity contribution in [2.45, 2.75) is 13.5 Å². The largest absolute Gasteiger partial charge is 0.378 e. The molecule has 0 fully saturated rings. The van der Waals surface area contributed by atoms with E-state index in [-0.39, 0.29) is 12.5 Å². The molecule has 2 aromatic heterocycles. The number of ether oxygens (including phenoxy) is 1. The van der Waals surface area contributed by atoms with Crippen molar-refractivity contribution in [2.75, 3.05) is 30.9 Å². The number of carbonyl (C=O) groups is 1. The minimum absolute atomic E-state index is 0.0667. The Labute approximate surface area is 164 Å². The number of hydrogen-bond donors (Lipinski definition) is 1. The molecule has 7 heteroatoms. The zero-order valence-corrected chi connectivity index (χ0v) is 16.2. The number of anilines is 2. The number of aromatic nitrogens is 3. The van der Waals surface area contributed by atoms with Gasteiger partial charge in [0, 0.05) is 43.4 Å². The molecule has 0 saturated carbocycles. The fourth-order valence-electron chi connectivity index (χ4n) is 2.72. The lowest BCUT2D eigenvalue weighted by molar-refractivity contribution is -0.116. The molecule has 0 bridgehead atoms. The van der Waals surface area contributed by atoms with Crippen LogP contribution in [0.25, 0.3) is 11.4 Å². The van der Waals surface area contributed by atoms with Crippen LogP contribution in [0.4, 0.5) is 11.5 Å². The summed E-state index contributed by atoms with van der Waals surface area (Å²) in [5, 5.41) is 3.16. The van der Waals surface area contributed by atoms with Gasteiger partial charge < -0.3 is 15.0 Å². The van der Waals surface area contributed by atoms with Crippen molar-refractivity contribution in [3.05, 3.63) is 66.1 Å². The van der Waals surface area contributed by atoms with Crippen molar-refractivity contribution < 1.29 is 9.53 Å². The van der Waals surface area contributed by atoms with E-state index < -0.39 is 0 Å². The maximum Gasteiger partial charge on any atom is 0.246 e. The van der Waals surface area contributed by atoms with Crippen molar-refractivity contribution in [1.82, 2.24) is 15.0 Å². The number of methoxy groups -OCH3 is 1. The number of hydrogen-bond acceptors (Lipinski definition) is 6. The normalized spacial score (nSPS) is 10.5. The lowest BCUT2D eigenvalue weighted by atomic mass is 10.2. The van der Waals surface area contributed by atoms with Crippen LogP contribution in [0.15, 0.2) is 54.9 Å². The van der Waals surface area contributed by atoms with E-state index in [0.29, 0.717) is 18.2 Å². The van der Waals surface area contributed by atoms with Gasteiger partial charge in [0.05, 0.1) is 18.8 Å². The molecule has 1 amide bonds. The molecule has 28 heavy (non-hydrogen) atoms. The summed E-state index contributed by atoms with van der Waals surface area (Å²) in [6.07, 6.45) is 3.39. The molecule has 1 aromatic carbocycles. The Morgan fingerprint density at radius 1 is 1.11 bits per heavy atom. The van der Waals surface area contributed by atoms with E-state index in [0.717, 1.165) is 22.5 Å². The summed E-state index contributed by atoms with van der Waals surface area (Å²) >= 11 is 0. The maximum atomic E-state index is 12.6. The quantitative estimate of drug-likeness (QED) is 0.682. The summed E-state index contributed by atoms with van der Waals surface area (Å²) in [4.78, 5) is 27.4. The molecule has 3 aromatic rings. The number of carbonyl (C=O) groups excluding carboxylic acids is 1. The van der Waals surface area contributed by atoms with Crippen molar-refractivity contribution >= 4 is 17.4 Å². The van der Waals surface area contributed by atoms with Crippen LogP contribution in [0.1, 0.15) is 11.3 Å². The smallest absolute Gasteiger partial charge is 0.246 e. The number of para-hydroxylation sites is 1. The molecule has 3 rings (SSSR count). The number of pyridine rings is 1. The Kier molecular flexibility index (Phi) is 6.29. The first-order valence-electron chi connectivity index (χ1n) is 8.92. The number of amides is 1. The number of rotatable bonds is 7. The second-order valence-electron chi connectivity index (χ2n) is 6.28. The first kappa shape index (κ1) is 19.4. The summed E-state index contributed by atoms with van der Waals surface area (Å²) in [5.74, 6) is 1.11. The lowest BCUT2D eigenvalue weighted by Crippen LogP contribution is -2.32. The topological polar surface area (TPSA) is 80.2 Å². The number of benzene rings is 1. The Morgan fingerprint density at radius 2 is 1.82 bits per heavy atom. The third kappa shape index (κ3) is 4.50. The highest BCUT2D eigenvalue weighted by atomic mass is 16.5. The Hall–Kier alpha value is -3.32. The predicted octanol–water partition coefficient (Wildman–Crippen LogP) is 3.07. The van der Waals surface area contributed by atoms with E-state index in [1.807, 2.05) is 49.4 Å². The summed E-state index contributed by atoms with van der Waals surface area (Å²) in [6.45, 7) is 2.39. The highest BCUT2D eigenvalue weighted by Gasteiger charge is 2.15. The second-order valence-corrected chi connectivity index (χ2v) is 6.28. The van der Waals surface area contributed by atoms with E-state index in [9.17, 15) is 4.79 Å². The molecule has 0 unspecified atom stereocenters. The lowest BCUT2D eigenvalue weighted by Gasteiger charge is -2.19. The minimum Gasteiger partial charge on any atom is -0.378 e. The predicted molar refractivity (Wildman–Crippen MR) is 109 cm³/mol. The molecule has 0 saturated heterocycles. The molecule has 0 atom stereocenters. The molecule has 0 aliphatic carbocycles. The Morgan fingerprint density at radius 3 is 2.50 bits per heavy atom. The summed E-state index contributed by atoms with van der Waals surface area (Å²) in [5.41, 5.74) is 3.32. The van der Waals surface area contributed by atoms with Crippen LogP contribution < -0.4 is 10.2 Å². The molecule has 0 aliphatic rings. The van der Waals surface area contributed by atoms with Gasteiger partial charge in [0.25, 0.3) is 0 Å². The van der Waals surface area contributed by atoms with Crippen molar-refractivity contribution in [3.8, 4) is 11.4 Å². The van der Waals surface area contributed by atoms with Crippen LogP contribution in [0.2, 0.25) is 0 Å². The molecule has 7 nitrogen and oxygen atoms in total. The number of nitrogens with zero attached hydrogens (tertiary/aromatic N) is 4. The highest BCUT2D eigenvalue weighted by molar-refractivity contribution is 5.95. The van der Waals surface area contributed by atoms with Crippen molar-refractivity contribution in [1.29, 1.82) is 0 Å². The number of nitrogens with one attached hydrogen (secondary N) is 1. The summed E-state index contributed by atoms with van der Waals surface area (Å²) < 4.78 is 5.27. The van der Waals surface area contributed by atoms with E-state index in [1.54, 1.807) is 31.5 Å². The van der Waals surface area contributed by atoms with Crippen LogP contribution in [-0.4, -0.2) is 41.6 Å². The molecular formula is C21H23N5O2. The Balaban J connectivity index is 1.82. The van der Waals surface area contributed by atoms with E-state index in [4.69, 9.17) is 4.74 Å². The van der Waals surface area contributed by atoms with Crippen LogP contribution in [-0.2, 0) is 16.1 Å². The van der Waals surface area contributed by atoms with Gasteiger partial charge in [-0.15, -0.1) is 0 Å². The van der Waals surface area contributed by atoms with Crippen molar-refractivity contribution in [2.24, 2.45) is 0 Å². The third-order valence-corrected chi connectivity index (χ3v) is 4.39. The fourth-order valence-corrected chi connectivity index (χ4v) is 2.72. The fraction of sp³-hybridized carbons (Fsp3) is 0.238. The van der Waals surface area contributed by atoms with Crippen LogP contribution in [0.5, 0.6) is 0 Å². The molecule has 1 N–H and O–H groups in total.